The zero-order chi connectivity index (χ0) is 12.8. The number of hydrogen-bond donors (Lipinski definition) is 0. The van der Waals surface area contributed by atoms with E-state index in [0.29, 0.717) is 35.2 Å². The monoisotopic (exact) mass is 263 g/mol. The van der Waals surface area contributed by atoms with Crippen molar-refractivity contribution in [2.45, 2.75) is 12.2 Å². The first-order chi connectivity index (χ1) is 8.79. The maximum Gasteiger partial charge on any atom is 0.236 e. The third-order valence-electron chi connectivity index (χ3n) is 2.21. The van der Waals surface area contributed by atoms with Crippen LogP contribution in [-0.2, 0) is 12.2 Å². The van der Waals surface area contributed by atoms with Crippen molar-refractivity contribution in [1.82, 2.24) is 10.1 Å². The van der Waals surface area contributed by atoms with Gasteiger partial charge in [0.2, 0.25) is 5.89 Å². The summed E-state index contributed by atoms with van der Waals surface area (Å²) in [4.78, 5) is 4.14. The van der Waals surface area contributed by atoms with Gasteiger partial charge in [0, 0.05) is 6.42 Å². The first-order valence-electron chi connectivity index (χ1n) is 5.29. The van der Waals surface area contributed by atoms with E-state index in [1.165, 1.54) is 17.8 Å². The van der Waals surface area contributed by atoms with Gasteiger partial charge in [-0.3, -0.25) is 0 Å². The molecule has 1 aromatic carbocycles. The highest BCUT2D eigenvalue weighted by Gasteiger charge is 2.09. The normalized spacial score (nSPS) is 10.2. The standard InChI is InChI=1S/C12H10FN3OS/c13-10-4-2-1-3-9(10)7-11-15-12(17-16-11)8-18-6-5-14/h1-4H,6-8H2. The zero-order valence-corrected chi connectivity index (χ0v) is 10.3. The second kappa shape index (κ2) is 6.17. The number of halogens is 1. The number of hydrogen-bond acceptors (Lipinski definition) is 5. The van der Waals surface area contributed by atoms with Crippen molar-refractivity contribution in [1.29, 1.82) is 5.26 Å². The van der Waals surface area contributed by atoms with Gasteiger partial charge in [-0.05, 0) is 11.6 Å². The molecule has 2 aromatic rings. The molecular weight excluding hydrogens is 253 g/mol. The van der Waals surface area contributed by atoms with Crippen LogP contribution in [0.2, 0.25) is 0 Å². The van der Waals surface area contributed by atoms with Gasteiger partial charge in [0.1, 0.15) is 5.82 Å². The Morgan fingerprint density at radius 1 is 1.39 bits per heavy atom. The minimum atomic E-state index is -0.275. The maximum atomic E-state index is 13.4. The number of benzene rings is 1. The van der Waals surface area contributed by atoms with E-state index in [4.69, 9.17) is 9.78 Å². The topological polar surface area (TPSA) is 62.7 Å². The number of aromatic nitrogens is 2. The Hall–Kier alpha value is -1.87. The fourth-order valence-electron chi connectivity index (χ4n) is 1.42. The third-order valence-corrected chi connectivity index (χ3v) is 2.99. The molecule has 0 radical (unpaired) electrons. The predicted molar refractivity (Wildman–Crippen MR) is 65.3 cm³/mol. The highest BCUT2D eigenvalue weighted by Crippen LogP contribution is 2.13. The van der Waals surface area contributed by atoms with Crippen molar-refractivity contribution in [3.63, 3.8) is 0 Å². The van der Waals surface area contributed by atoms with E-state index < -0.39 is 0 Å². The predicted octanol–water partition coefficient (Wildman–Crippen LogP) is 2.56. The van der Waals surface area contributed by atoms with Crippen molar-refractivity contribution in [2.75, 3.05) is 5.75 Å². The first-order valence-corrected chi connectivity index (χ1v) is 6.44. The lowest BCUT2D eigenvalue weighted by molar-refractivity contribution is 0.385. The van der Waals surface area contributed by atoms with Gasteiger partial charge in [0.25, 0.3) is 0 Å². The molecule has 0 fully saturated rings. The Balaban J connectivity index is 1.99. The summed E-state index contributed by atoms with van der Waals surface area (Å²) >= 11 is 1.40. The molecule has 0 aliphatic carbocycles. The van der Waals surface area contributed by atoms with Crippen LogP contribution in [0.1, 0.15) is 17.3 Å². The second-order valence-electron chi connectivity index (χ2n) is 3.52. The Bertz CT molecular complexity index is 564. The van der Waals surface area contributed by atoms with Crippen LogP contribution in [0.25, 0.3) is 0 Å². The van der Waals surface area contributed by atoms with Crippen LogP contribution >= 0.6 is 11.8 Å². The van der Waals surface area contributed by atoms with Crippen molar-refractivity contribution in [3.05, 3.63) is 47.4 Å². The average molecular weight is 263 g/mol. The summed E-state index contributed by atoms with van der Waals surface area (Å²) in [5.74, 6) is 1.51. The molecule has 4 nitrogen and oxygen atoms in total. The zero-order valence-electron chi connectivity index (χ0n) is 9.47. The summed E-state index contributed by atoms with van der Waals surface area (Å²) in [7, 11) is 0. The Morgan fingerprint density at radius 3 is 3.00 bits per heavy atom. The molecule has 92 valence electrons. The Labute approximate surface area is 108 Å². The van der Waals surface area contributed by atoms with E-state index in [-0.39, 0.29) is 5.82 Å². The molecule has 1 aromatic heterocycles. The summed E-state index contributed by atoms with van der Waals surface area (Å²) in [6.07, 6.45) is 0.305. The van der Waals surface area contributed by atoms with E-state index in [1.807, 2.05) is 6.07 Å². The molecule has 0 spiro atoms. The van der Waals surface area contributed by atoms with E-state index >= 15 is 0 Å². The Kier molecular flexibility index (Phi) is 4.31. The van der Waals surface area contributed by atoms with Gasteiger partial charge < -0.3 is 4.52 Å². The highest BCUT2D eigenvalue weighted by molar-refractivity contribution is 7.98. The minimum Gasteiger partial charge on any atom is -0.338 e. The molecule has 0 bridgehead atoms. The van der Waals surface area contributed by atoms with Crippen LogP contribution in [0.5, 0.6) is 0 Å². The number of thioether (sulfide) groups is 1. The molecule has 0 amide bonds. The van der Waals surface area contributed by atoms with Crippen molar-refractivity contribution < 1.29 is 8.91 Å². The van der Waals surface area contributed by atoms with E-state index in [0.717, 1.165) is 0 Å². The molecule has 6 heteroatoms. The largest absolute Gasteiger partial charge is 0.338 e. The molecule has 0 saturated carbocycles. The van der Waals surface area contributed by atoms with Crippen LogP contribution in [0.15, 0.2) is 28.8 Å². The SMILES string of the molecule is N#CCSCc1nc(Cc2ccccc2F)no1. The smallest absolute Gasteiger partial charge is 0.236 e. The summed E-state index contributed by atoms with van der Waals surface area (Å²) in [5.41, 5.74) is 0.537. The van der Waals surface area contributed by atoms with Crippen molar-refractivity contribution in [3.8, 4) is 6.07 Å². The summed E-state index contributed by atoms with van der Waals surface area (Å²) < 4.78 is 18.4. The average Bonchev–Trinajstić information content (AvgIpc) is 2.80. The van der Waals surface area contributed by atoms with Crippen LogP contribution in [0, 0.1) is 17.1 Å². The lowest BCUT2D eigenvalue weighted by atomic mass is 10.1. The van der Waals surface area contributed by atoms with Gasteiger partial charge >= 0.3 is 0 Å². The molecule has 0 unspecified atom stereocenters. The lowest BCUT2D eigenvalue weighted by Crippen LogP contribution is -1.94. The van der Waals surface area contributed by atoms with Gasteiger partial charge in [-0.1, -0.05) is 23.4 Å². The van der Waals surface area contributed by atoms with Crippen LogP contribution in [0.4, 0.5) is 4.39 Å². The van der Waals surface area contributed by atoms with Crippen LogP contribution < -0.4 is 0 Å². The van der Waals surface area contributed by atoms with Gasteiger partial charge in [-0.15, -0.1) is 11.8 Å². The molecule has 1 heterocycles. The molecule has 0 aliphatic heterocycles. The second-order valence-corrected chi connectivity index (χ2v) is 4.51. The fourth-order valence-corrected chi connectivity index (χ4v) is 1.90. The molecule has 2 rings (SSSR count). The fraction of sp³-hybridized carbons (Fsp3) is 0.250. The van der Waals surface area contributed by atoms with Gasteiger partial charge in [0.15, 0.2) is 5.82 Å². The van der Waals surface area contributed by atoms with Crippen LogP contribution in [0.3, 0.4) is 0 Å². The number of nitriles is 1. The summed E-state index contributed by atoms with van der Waals surface area (Å²) in [5, 5.41) is 12.2. The van der Waals surface area contributed by atoms with E-state index in [9.17, 15) is 4.39 Å². The molecule has 18 heavy (non-hydrogen) atoms. The molecule has 0 aliphatic rings. The molecular formula is C12H10FN3OS. The lowest BCUT2D eigenvalue weighted by Gasteiger charge is -1.97. The molecule has 0 atom stereocenters. The maximum absolute atomic E-state index is 13.4. The van der Waals surface area contributed by atoms with Crippen LogP contribution in [-0.4, -0.2) is 15.9 Å². The first kappa shape index (κ1) is 12.6. The minimum absolute atomic E-state index is 0.275. The van der Waals surface area contributed by atoms with Crippen molar-refractivity contribution >= 4 is 11.8 Å². The van der Waals surface area contributed by atoms with Crippen molar-refractivity contribution in [2.24, 2.45) is 0 Å². The molecule has 0 N–H and O–H groups in total. The number of nitrogens with zero attached hydrogens (tertiary/aromatic N) is 3. The highest BCUT2D eigenvalue weighted by atomic mass is 32.2. The van der Waals surface area contributed by atoms with E-state index in [1.54, 1.807) is 18.2 Å². The van der Waals surface area contributed by atoms with Gasteiger partial charge in [-0.2, -0.15) is 10.2 Å². The summed E-state index contributed by atoms with van der Waals surface area (Å²) in [6, 6.07) is 8.51. The van der Waals surface area contributed by atoms with Gasteiger partial charge in [0.05, 0.1) is 17.6 Å². The molecule has 0 saturated heterocycles. The number of rotatable bonds is 5. The quantitative estimate of drug-likeness (QED) is 0.776. The van der Waals surface area contributed by atoms with Gasteiger partial charge in [-0.25, -0.2) is 4.39 Å². The third kappa shape index (κ3) is 3.31. The summed E-state index contributed by atoms with van der Waals surface area (Å²) in [6.45, 7) is 0. The van der Waals surface area contributed by atoms with E-state index in [2.05, 4.69) is 10.1 Å². The Morgan fingerprint density at radius 2 is 2.22 bits per heavy atom.